The summed E-state index contributed by atoms with van der Waals surface area (Å²) >= 11 is 1.87. The number of para-hydroxylation sites is 2. The maximum absolute atomic E-state index is 2.45. The molecule has 256 valence electrons. The first-order chi connectivity index (χ1) is 27.3. The van der Waals surface area contributed by atoms with E-state index in [-0.39, 0.29) is 0 Å². The molecule has 0 spiro atoms. The summed E-state index contributed by atoms with van der Waals surface area (Å²) in [6.07, 6.45) is 0. The van der Waals surface area contributed by atoms with Gasteiger partial charge in [-0.15, -0.1) is 11.3 Å². The van der Waals surface area contributed by atoms with E-state index in [9.17, 15) is 0 Å². The predicted molar refractivity (Wildman–Crippen MR) is 236 cm³/mol. The van der Waals surface area contributed by atoms with E-state index in [0.29, 0.717) is 0 Å². The second kappa shape index (κ2) is 11.8. The highest BCUT2D eigenvalue weighted by molar-refractivity contribution is 7.25. The molecule has 3 heteroatoms. The Morgan fingerprint density at radius 3 is 1.65 bits per heavy atom. The first-order valence-electron chi connectivity index (χ1n) is 18.8. The maximum atomic E-state index is 2.45. The first-order valence-corrected chi connectivity index (χ1v) is 19.7. The highest BCUT2D eigenvalue weighted by atomic mass is 32.1. The molecule has 0 fully saturated rings. The largest absolute Gasteiger partial charge is 0.309 e. The Kier molecular flexibility index (Phi) is 6.54. The number of fused-ring (bicyclic) bond motifs is 10. The van der Waals surface area contributed by atoms with Gasteiger partial charge in [-0.05, 0) is 112 Å². The number of hydrogen-bond acceptors (Lipinski definition) is 1. The lowest BCUT2D eigenvalue weighted by Crippen LogP contribution is -1.94. The van der Waals surface area contributed by atoms with Crippen LogP contribution in [0.1, 0.15) is 0 Å². The van der Waals surface area contributed by atoms with E-state index < -0.39 is 0 Å². The predicted octanol–water partition coefficient (Wildman–Crippen LogP) is 14.7. The summed E-state index contributed by atoms with van der Waals surface area (Å²) in [7, 11) is 0. The highest BCUT2D eigenvalue weighted by Gasteiger charge is 2.18. The summed E-state index contributed by atoms with van der Waals surface area (Å²) < 4.78 is 7.48. The smallest absolute Gasteiger partial charge is 0.0541 e. The molecule has 0 radical (unpaired) electrons. The topological polar surface area (TPSA) is 9.86 Å². The molecule has 0 saturated carbocycles. The molecule has 0 bridgehead atoms. The van der Waals surface area contributed by atoms with Crippen LogP contribution in [0.2, 0.25) is 0 Å². The van der Waals surface area contributed by atoms with Gasteiger partial charge in [0.2, 0.25) is 0 Å². The van der Waals surface area contributed by atoms with Gasteiger partial charge in [-0.3, -0.25) is 0 Å². The molecule has 0 aliphatic heterocycles. The molecule has 0 unspecified atom stereocenters. The van der Waals surface area contributed by atoms with Gasteiger partial charge in [0.1, 0.15) is 0 Å². The third-order valence-corrected chi connectivity index (χ3v) is 12.6. The van der Waals surface area contributed by atoms with Crippen molar-refractivity contribution in [3.8, 4) is 33.6 Å². The van der Waals surface area contributed by atoms with E-state index >= 15 is 0 Å². The molecular formula is C52H32N2S. The second-order valence-electron chi connectivity index (χ2n) is 14.5. The minimum absolute atomic E-state index is 1.17. The number of hydrogen-bond donors (Lipinski definition) is 0. The Hall–Kier alpha value is -6.94. The average molecular weight is 717 g/mol. The molecule has 9 aromatic carbocycles. The molecule has 55 heavy (non-hydrogen) atoms. The van der Waals surface area contributed by atoms with Crippen molar-refractivity contribution < 1.29 is 0 Å². The van der Waals surface area contributed by atoms with Gasteiger partial charge in [0.15, 0.2) is 0 Å². The second-order valence-corrected chi connectivity index (χ2v) is 15.6. The van der Waals surface area contributed by atoms with Crippen molar-refractivity contribution in [1.82, 2.24) is 9.13 Å². The zero-order valence-electron chi connectivity index (χ0n) is 29.8. The Morgan fingerprint density at radius 1 is 0.309 bits per heavy atom. The molecular weight excluding hydrogens is 685 g/mol. The van der Waals surface area contributed by atoms with Crippen molar-refractivity contribution in [1.29, 1.82) is 0 Å². The van der Waals surface area contributed by atoms with Crippen molar-refractivity contribution in [2.45, 2.75) is 0 Å². The number of rotatable bonds is 4. The fourth-order valence-electron chi connectivity index (χ4n) is 8.99. The summed E-state index contributed by atoms with van der Waals surface area (Å²) in [6.45, 7) is 0. The zero-order valence-corrected chi connectivity index (χ0v) is 30.6. The van der Waals surface area contributed by atoms with E-state index in [4.69, 9.17) is 0 Å². The molecule has 0 atom stereocenters. The molecule has 3 aromatic heterocycles. The van der Waals surface area contributed by atoms with Crippen LogP contribution in [0.25, 0.3) is 108 Å². The number of aromatic nitrogens is 2. The lowest BCUT2D eigenvalue weighted by atomic mass is 9.97. The molecule has 12 rings (SSSR count). The lowest BCUT2D eigenvalue weighted by molar-refractivity contribution is 1.18. The number of nitrogens with zero attached hydrogens (tertiary/aromatic N) is 2. The molecule has 0 amide bonds. The van der Waals surface area contributed by atoms with E-state index in [1.807, 2.05) is 11.3 Å². The average Bonchev–Trinajstić information content (AvgIpc) is 3.91. The Labute approximate surface area is 321 Å². The Bertz CT molecular complexity index is 3490. The van der Waals surface area contributed by atoms with Gasteiger partial charge >= 0.3 is 0 Å². The van der Waals surface area contributed by atoms with E-state index in [1.165, 1.54) is 108 Å². The van der Waals surface area contributed by atoms with Crippen LogP contribution in [-0.4, -0.2) is 9.13 Å². The van der Waals surface area contributed by atoms with Gasteiger partial charge in [-0.2, -0.15) is 0 Å². The normalized spacial score (nSPS) is 12.0. The van der Waals surface area contributed by atoms with Crippen LogP contribution in [0.4, 0.5) is 0 Å². The van der Waals surface area contributed by atoms with E-state index in [0.717, 1.165) is 0 Å². The van der Waals surface area contributed by atoms with Crippen molar-refractivity contribution in [3.05, 3.63) is 194 Å². The monoisotopic (exact) mass is 716 g/mol. The molecule has 3 heterocycles. The van der Waals surface area contributed by atoms with E-state index in [1.54, 1.807) is 0 Å². The number of benzene rings is 9. The van der Waals surface area contributed by atoms with Gasteiger partial charge in [-0.25, -0.2) is 0 Å². The lowest BCUT2D eigenvalue weighted by Gasteiger charge is -2.11. The van der Waals surface area contributed by atoms with Gasteiger partial charge in [0, 0.05) is 53.1 Å². The van der Waals surface area contributed by atoms with Crippen LogP contribution in [0, 0.1) is 0 Å². The SMILES string of the molecule is c1ccc(-n2c3ccccc3c3cc(-c4ccc5c(c4)c4cc(-c6cccc7sc8ccccc8c67)ccc4n5-c4ccc5ccccc5c4)ccc32)cc1. The highest BCUT2D eigenvalue weighted by Crippen LogP contribution is 2.43. The van der Waals surface area contributed by atoms with Crippen LogP contribution < -0.4 is 0 Å². The van der Waals surface area contributed by atoms with Gasteiger partial charge in [0.05, 0.1) is 22.1 Å². The molecule has 0 aliphatic carbocycles. The van der Waals surface area contributed by atoms with Gasteiger partial charge in [0.25, 0.3) is 0 Å². The minimum atomic E-state index is 1.17. The van der Waals surface area contributed by atoms with Crippen LogP contribution in [0.3, 0.4) is 0 Å². The van der Waals surface area contributed by atoms with Crippen LogP contribution >= 0.6 is 11.3 Å². The van der Waals surface area contributed by atoms with Gasteiger partial charge < -0.3 is 9.13 Å². The summed E-state index contributed by atoms with van der Waals surface area (Å²) in [5.74, 6) is 0. The first kappa shape index (κ1) is 30.5. The third-order valence-electron chi connectivity index (χ3n) is 11.5. The van der Waals surface area contributed by atoms with Crippen LogP contribution in [0.15, 0.2) is 194 Å². The van der Waals surface area contributed by atoms with Crippen molar-refractivity contribution in [2.24, 2.45) is 0 Å². The van der Waals surface area contributed by atoms with Crippen LogP contribution in [0.5, 0.6) is 0 Å². The molecule has 0 saturated heterocycles. The van der Waals surface area contributed by atoms with Gasteiger partial charge in [-0.1, -0.05) is 115 Å². The third kappa shape index (κ3) is 4.60. The standard InChI is InChI=1S/C52H32N2S/c1-2-13-38(14-3-1)53-46-18-8-6-15-41(46)43-30-35(22-26-47(43)53)36-23-27-48-44(31-36)45-32-37(40-17-10-20-51-52(40)42-16-7-9-19-50(42)55-51)24-28-49(45)54(48)39-25-21-33-11-4-5-12-34(33)29-39/h1-32H. The van der Waals surface area contributed by atoms with Crippen LogP contribution in [-0.2, 0) is 0 Å². The maximum Gasteiger partial charge on any atom is 0.0541 e. The summed E-state index contributed by atoms with van der Waals surface area (Å²) in [6, 6.07) is 71.5. The molecule has 12 aromatic rings. The Morgan fingerprint density at radius 2 is 0.873 bits per heavy atom. The number of thiophene rings is 1. The quantitative estimate of drug-likeness (QED) is 0.172. The summed E-state index contributed by atoms with van der Waals surface area (Å²) in [5.41, 5.74) is 12.1. The summed E-state index contributed by atoms with van der Waals surface area (Å²) in [4.78, 5) is 0. The van der Waals surface area contributed by atoms with Crippen molar-refractivity contribution in [3.63, 3.8) is 0 Å². The van der Waals surface area contributed by atoms with E-state index in [2.05, 4.69) is 203 Å². The summed E-state index contributed by atoms with van der Waals surface area (Å²) in [5, 5.41) is 10.2. The molecule has 0 N–H and O–H groups in total. The fraction of sp³-hybridized carbons (Fsp3) is 0. The van der Waals surface area contributed by atoms with Crippen molar-refractivity contribution in [2.75, 3.05) is 0 Å². The minimum Gasteiger partial charge on any atom is -0.309 e. The van der Waals surface area contributed by atoms with Crippen molar-refractivity contribution >= 4 is 85.9 Å². The zero-order chi connectivity index (χ0) is 36.0. The Balaban J connectivity index is 1.10. The molecule has 2 nitrogen and oxygen atoms in total. The fourth-order valence-corrected chi connectivity index (χ4v) is 10.1. The molecule has 0 aliphatic rings.